The van der Waals surface area contributed by atoms with Gasteiger partial charge in [-0.1, -0.05) is 39.8 Å². The molecule has 0 aliphatic rings. The Labute approximate surface area is 76.8 Å². The molecule has 0 aromatic carbocycles. The summed E-state index contributed by atoms with van der Waals surface area (Å²) >= 11 is 0. The van der Waals surface area contributed by atoms with E-state index in [0.29, 0.717) is 5.92 Å². The van der Waals surface area contributed by atoms with Crippen LogP contribution >= 0.6 is 0 Å². The Morgan fingerprint density at radius 3 is 1.83 bits per heavy atom. The van der Waals surface area contributed by atoms with Crippen molar-refractivity contribution >= 4 is 0 Å². The molecule has 0 saturated heterocycles. The minimum absolute atomic E-state index is 0.188. The molecule has 2 atom stereocenters. The van der Waals surface area contributed by atoms with Crippen LogP contribution in [0.15, 0.2) is 12.2 Å². The molecule has 0 bridgehead atoms. The molecule has 72 valence electrons. The smallest absolute Gasteiger partial charge is 0.0681 e. The molecule has 0 heterocycles. The van der Waals surface area contributed by atoms with E-state index in [2.05, 4.69) is 41.2 Å². The summed E-state index contributed by atoms with van der Waals surface area (Å²) in [4.78, 5) is 0. The van der Waals surface area contributed by atoms with Gasteiger partial charge < -0.3 is 4.74 Å². The summed E-state index contributed by atoms with van der Waals surface area (Å²) in [7, 11) is 1.77. The minimum atomic E-state index is 0.188. The minimum Gasteiger partial charge on any atom is -0.380 e. The Hall–Kier alpha value is -0.300. The van der Waals surface area contributed by atoms with Gasteiger partial charge in [0.25, 0.3) is 0 Å². The normalized spacial score (nSPS) is 17.2. The Balaban J connectivity index is 4.45. The van der Waals surface area contributed by atoms with Crippen molar-refractivity contribution in [1.82, 2.24) is 0 Å². The van der Waals surface area contributed by atoms with Crippen LogP contribution < -0.4 is 0 Å². The first-order valence-electron chi connectivity index (χ1n) is 4.49. The molecule has 0 aliphatic carbocycles. The highest BCUT2D eigenvalue weighted by molar-refractivity contribution is 5.00. The fourth-order valence-electron chi connectivity index (χ4n) is 1.57. The highest BCUT2D eigenvalue weighted by atomic mass is 16.5. The molecule has 1 heteroatoms. The van der Waals surface area contributed by atoms with Gasteiger partial charge in [-0.15, -0.1) is 0 Å². The van der Waals surface area contributed by atoms with Gasteiger partial charge in [0, 0.05) is 13.0 Å². The number of methoxy groups -OCH3 is 1. The lowest BCUT2D eigenvalue weighted by Gasteiger charge is -2.34. The monoisotopic (exact) mass is 170 g/mol. The van der Waals surface area contributed by atoms with Crippen molar-refractivity contribution in [3.05, 3.63) is 12.2 Å². The molecule has 1 nitrogen and oxygen atoms in total. The van der Waals surface area contributed by atoms with E-state index in [9.17, 15) is 0 Å². The predicted octanol–water partition coefficient (Wildman–Crippen LogP) is 3.26. The van der Waals surface area contributed by atoms with Gasteiger partial charge in [-0.05, 0) is 12.3 Å². The third-order valence-corrected chi connectivity index (χ3v) is 2.34. The first-order valence-corrected chi connectivity index (χ1v) is 4.49. The number of rotatable bonds is 3. The van der Waals surface area contributed by atoms with Crippen LogP contribution in [-0.4, -0.2) is 13.2 Å². The van der Waals surface area contributed by atoms with Crippen LogP contribution in [0.4, 0.5) is 0 Å². The van der Waals surface area contributed by atoms with Crippen LogP contribution in [0, 0.1) is 11.3 Å². The average molecular weight is 170 g/mol. The summed E-state index contributed by atoms with van der Waals surface area (Å²) in [5, 5.41) is 0. The molecule has 0 unspecified atom stereocenters. The van der Waals surface area contributed by atoms with Crippen molar-refractivity contribution in [3.63, 3.8) is 0 Å². The topological polar surface area (TPSA) is 9.23 Å². The van der Waals surface area contributed by atoms with Crippen molar-refractivity contribution in [3.8, 4) is 0 Å². The summed E-state index contributed by atoms with van der Waals surface area (Å²) in [6.45, 7) is 14.8. The van der Waals surface area contributed by atoms with Crippen LogP contribution in [0.1, 0.15) is 34.6 Å². The maximum Gasteiger partial charge on any atom is 0.0681 e. The largest absolute Gasteiger partial charge is 0.380 e. The summed E-state index contributed by atoms with van der Waals surface area (Å²) < 4.78 is 5.48. The lowest BCUT2D eigenvalue weighted by atomic mass is 9.79. The fourth-order valence-corrected chi connectivity index (χ4v) is 1.57. The molecule has 0 aromatic heterocycles. The van der Waals surface area contributed by atoms with Crippen LogP contribution in [0.25, 0.3) is 0 Å². The molecular weight excluding hydrogens is 148 g/mol. The fraction of sp³-hybridized carbons (Fsp3) is 0.818. The standard InChI is InChI=1S/C11H22O/c1-8(2)9(3)10(12-7)11(4,5)6/h9-10H,1H2,2-7H3/t9-,10-/m0/s1. The molecule has 0 spiro atoms. The van der Waals surface area contributed by atoms with E-state index in [4.69, 9.17) is 4.74 Å². The predicted molar refractivity (Wildman–Crippen MR) is 54.2 cm³/mol. The maximum absolute atomic E-state index is 5.48. The highest BCUT2D eigenvalue weighted by Gasteiger charge is 2.29. The second-order valence-electron chi connectivity index (χ2n) is 4.66. The van der Waals surface area contributed by atoms with Crippen LogP contribution in [-0.2, 0) is 4.74 Å². The zero-order valence-electron chi connectivity index (χ0n) is 9.27. The first kappa shape index (κ1) is 11.7. The van der Waals surface area contributed by atoms with Crippen LogP contribution in [0.3, 0.4) is 0 Å². The molecule has 0 aromatic rings. The van der Waals surface area contributed by atoms with Gasteiger partial charge in [-0.2, -0.15) is 0 Å². The molecule has 0 amide bonds. The van der Waals surface area contributed by atoms with Crippen LogP contribution in [0.5, 0.6) is 0 Å². The zero-order chi connectivity index (χ0) is 9.94. The quantitative estimate of drug-likeness (QED) is 0.591. The van der Waals surface area contributed by atoms with Gasteiger partial charge in [0.05, 0.1) is 6.10 Å². The van der Waals surface area contributed by atoms with Gasteiger partial charge >= 0.3 is 0 Å². The Kier molecular flexibility index (Phi) is 3.98. The lowest BCUT2D eigenvalue weighted by molar-refractivity contribution is -0.0109. The number of ether oxygens (including phenoxy) is 1. The van der Waals surface area contributed by atoms with E-state index in [-0.39, 0.29) is 11.5 Å². The van der Waals surface area contributed by atoms with Gasteiger partial charge in [0.15, 0.2) is 0 Å². The third kappa shape index (κ3) is 2.98. The molecule has 0 radical (unpaired) electrons. The van der Waals surface area contributed by atoms with Crippen molar-refractivity contribution in [2.24, 2.45) is 11.3 Å². The van der Waals surface area contributed by atoms with Crippen molar-refractivity contribution in [2.75, 3.05) is 7.11 Å². The number of hydrogen-bond donors (Lipinski definition) is 0. The van der Waals surface area contributed by atoms with E-state index >= 15 is 0 Å². The van der Waals surface area contributed by atoms with Crippen molar-refractivity contribution in [1.29, 1.82) is 0 Å². The van der Waals surface area contributed by atoms with E-state index in [1.165, 1.54) is 5.57 Å². The zero-order valence-corrected chi connectivity index (χ0v) is 9.27. The summed E-state index contributed by atoms with van der Waals surface area (Å²) in [5.74, 6) is 0.426. The van der Waals surface area contributed by atoms with E-state index < -0.39 is 0 Å². The van der Waals surface area contributed by atoms with E-state index in [1.54, 1.807) is 7.11 Å². The van der Waals surface area contributed by atoms with Gasteiger partial charge in [-0.25, -0.2) is 0 Å². The molecular formula is C11H22O. The molecule has 12 heavy (non-hydrogen) atoms. The first-order chi connectivity index (χ1) is 5.30. The molecule has 0 aliphatic heterocycles. The lowest BCUT2D eigenvalue weighted by Crippen LogP contribution is -2.34. The maximum atomic E-state index is 5.48. The van der Waals surface area contributed by atoms with Gasteiger partial charge in [0.2, 0.25) is 0 Å². The summed E-state index contributed by atoms with van der Waals surface area (Å²) in [6.07, 6.45) is 0.259. The Bertz CT molecular complexity index is 153. The Morgan fingerprint density at radius 2 is 1.75 bits per heavy atom. The third-order valence-electron chi connectivity index (χ3n) is 2.34. The number of hydrogen-bond acceptors (Lipinski definition) is 1. The van der Waals surface area contributed by atoms with Crippen molar-refractivity contribution in [2.45, 2.75) is 40.7 Å². The SMILES string of the molecule is C=C(C)[C@H](C)[C@H](OC)C(C)(C)C. The average Bonchev–Trinajstić information content (AvgIpc) is 1.85. The van der Waals surface area contributed by atoms with E-state index in [0.717, 1.165) is 0 Å². The molecule has 0 fully saturated rings. The van der Waals surface area contributed by atoms with Crippen LogP contribution in [0.2, 0.25) is 0 Å². The van der Waals surface area contributed by atoms with Gasteiger partial charge in [-0.3, -0.25) is 0 Å². The van der Waals surface area contributed by atoms with E-state index in [1.807, 2.05) is 0 Å². The molecule has 0 N–H and O–H groups in total. The molecule has 0 saturated carbocycles. The second kappa shape index (κ2) is 4.08. The Morgan fingerprint density at radius 1 is 1.33 bits per heavy atom. The molecule has 0 rings (SSSR count). The highest BCUT2D eigenvalue weighted by Crippen LogP contribution is 2.30. The summed E-state index contributed by atoms with van der Waals surface area (Å²) in [6, 6.07) is 0. The summed E-state index contributed by atoms with van der Waals surface area (Å²) in [5.41, 5.74) is 1.38. The van der Waals surface area contributed by atoms with Crippen molar-refractivity contribution < 1.29 is 4.74 Å². The van der Waals surface area contributed by atoms with Gasteiger partial charge in [0.1, 0.15) is 0 Å². The second-order valence-corrected chi connectivity index (χ2v) is 4.66.